The summed E-state index contributed by atoms with van der Waals surface area (Å²) in [5.74, 6) is 0.415. The zero-order valence-electron chi connectivity index (χ0n) is 10.9. The molecule has 0 aromatic heterocycles. The summed E-state index contributed by atoms with van der Waals surface area (Å²) in [4.78, 5) is 3.85. The molecule has 0 fully saturated rings. The zero-order valence-corrected chi connectivity index (χ0v) is 10.9. The highest BCUT2D eigenvalue weighted by Crippen LogP contribution is 2.18. The van der Waals surface area contributed by atoms with Crippen LogP contribution in [0.25, 0.3) is 0 Å². The first-order valence-electron chi connectivity index (χ1n) is 5.65. The largest absolute Gasteiger partial charge is 0.390 e. The van der Waals surface area contributed by atoms with Crippen LogP contribution in [0.15, 0.2) is 4.99 Å². The fourth-order valence-electron chi connectivity index (χ4n) is 1.10. The third-order valence-electron chi connectivity index (χ3n) is 2.09. The number of guanidine groups is 1. The molecule has 0 unspecified atom stereocenters. The van der Waals surface area contributed by atoms with Gasteiger partial charge in [0.15, 0.2) is 5.96 Å². The second kappa shape index (κ2) is 6.71. The van der Waals surface area contributed by atoms with Crippen LogP contribution in [0.1, 0.15) is 33.6 Å². The van der Waals surface area contributed by atoms with E-state index < -0.39 is 12.6 Å². The molecular formula is C11H22F3N3. The van der Waals surface area contributed by atoms with E-state index in [1.54, 1.807) is 7.05 Å². The quantitative estimate of drug-likeness (QED) is 0.596. The van der Waals surface area contributed by atoms with E-state index in [0.29, 0.717) is 12.5 Å². The van der Waals surface area contributed by atoms with Gasteiger partial charge in [0.25, 0.3) is 0 Å². The molecule has 0 heterocycles. The Bertz CT molecular complexity index is 219. The molecule has 0 saturated heterocycles. The number of nitrogens with zero attached hydrogens (tertiary/aromatic N) is 1. The number of rotatable bonds is 4. The highest BCUT2D eigenvalue weighted by Gasteiger charge is 2.26. The average molecular weight is 253 g/mol. The number of halogens is 3. The van der Waals surface area contributed by atoms with Gasteiger partial charge in [-0.25, -0.2) is 0 Å². The number of hydrogen-bond donors (Lipinski definition) is 2. The van der Waals surface area contributed by atoms with Crippen LogP contribution in [0.2, 0.25) is 0 Å². The normalized spacial score (nSPS) is 13.7. The van der Waals surface area contributed by atoms with E-state index in [2.05, 4.69) is 36.4 Å². The fourth-order valence-corrected chi connectivity index (χ4v) is 1.10. The molecule has 0 atom stereocenters. The Morgan fingerprint density at radius 1 is 1.00 bits per heavy atom. The van der Waals surface area contributed by atoms with Gasteiger partial charge in [0.05, 0.1) is 6.42 Å². The molecule has 0 aliphatic heterocycles. The molecule has 0 bridgehead atoms. The van der Waals surface area contributed by atoms with Crippen molar-refractivity contribution >= 4 is 5.96 Å². The van der Waals surface area contributed by atoms with Gasteiger partial charge in [-0.1, -0.05) is 20.8 Å². The second-order valence-corrected chi connectivity index (χ2v) is 5.10. The van der Waals surface area contributed by atoms with Crippen molar-refractivity contribution < 1.29 is 13.2 Å². The van der Waals surface area contributed by atoms with Crippen molar-refractivity contribution in [3.63, 3.8) is 0 Å². The predicted molar refractivity (Wildman–Crippen MR) is 64.1 cm³/mol. The summed E-state index contributed by atoms with van der Waals surface area (Å²) in [5.41, 5.74) is 0.192. The van der Waals surface area contributed by atoms with Gasteiger partial charge in [-0.05, 0) is 11.8 Å². The molecular weight excluding hydrogens is 231 g/mol. The lowest BCUT2D eigenvalue weighted by atomic mass is 9.92. The van der Waals surface area contributed by atoms with Gasteiger partial charge >= 0.3 is 6.18 Å². The van der Waals surface area contributed by atoms with Gasteiger partial charge < -0.3 is 10.6 Å². The number of aliphatic imine (C=N–C) groups is 1. The molecule has 2 N–H and O–H groups in total. The summed E-state index contributed by atoms with van der Waals surface area (Å²) in [6.07, 6.45) is -4.06. The third-order valence-corrected chi connectivity index (χ3v) is 2.09. The standard InChI is InChI=1S/C11H22F3N3/c1-10(2,3)5-7-16-9(15-4)17-8-6-11(12,13)14/h5-8H2,1-4H3,(H2,15,16,17). The van der Waals surface area contributed by atoms with Crippen LogP contribution in [-0.4, -0.2) is 32.3 Å². The Morgan fingerprint density at radius 2 is 1.47 bits per heavy atom. The zero-order chi connectivity index (χ0) is 13.5. The first-order valence-corrected chi connectivity index (χ1v) is 5.65. The summed E-state index contributed by atoms with van der Waals surface area (Å²) in [7, 11) is 1.54. The molecule has 0 saturated carbocycles. The minimum Gasteiger partial charge on any atom is -0.356 e. The monoisotopic (exact) mass is 253 g/mol. The molecule has 17 heavy (non-hydrogen) atoms. The van der Waals surface area contributed by atoms with Crippen LogP contribution in [0, 0.1) is 5.41 Å². The summed E-state index contributed by atoms with van der Waals surface area (Å²) >= 11 is 0. The smallest absolute Gasteiger partial charge is 0.356 e. The van der Waals surface area contributed by atoms with Gasteiger partial charge in [-0.15, -0.1) is 0 Å². The van der Waals surface area contributed by atoms with E-state index in [4.69, 9.17) is 0 Å². The SMILES string of the molecule is CN=C(NCCC(C)(C)C)NCCC(F)(F)F. The van der Waals surface area contributed by atoms with E-state index in [1.165, 1.54) is 0 Å². The number of nitrogens with one attached hydrogen (secondary N) is 2. The topological polar surface area (TPSA) is 36.4 Å². The van der Waals surface area contributed by atoms with Crippen molar-refractivity contribution in [3.8, 4) is 0 Å². The highest BCUT2D eigenvalue weighted by atomic mass is 19.4. The van der Waals surface area contributed by atoms with Gasteiger partial charge in [-0.3, -0.25) is 4.99 Å². The van der Waals surface area contributed by atoms with Gasteiger partial charge in [0.2, 0.25) is 0 Å². The number of alkyl halides is 3. The van der Waals surface area contributed by atoms with Crippen molar-refractivity contribution in [1.29, 1.82) is 0 Å². The van der Waals surface area contributed by atoms with E-state index in [-0.39, 0.29) is 12.0 Å². The van der Waals surface area contributed by atoms with E-state index in [0.717, 1.165) is 6.42 Å². The minimum atomic E-state index is -4.13. The van der Waals surface area contributed by atoms with Crippen LogP contribution in [-0.2, 0) is 0 Å². The Hall–Kier alpha value is -0.940. The average Bonchev–Trinajstić information content (AvgIpc) is 2.11. The van der Waals surface area contributed by atoms with Crippen molar-refractivity contribution in [1.82, 2.24) is 10.6 Å². The lowest BCUT2D eigenvalue weighted by Crippen LogP contribution is -2.40. The number of hydrogen-bond acceptors (Lipinski definition) is 1. The highest BCUT2D eigenvalue weighted by molar-refractivity contribution is 5.79. The fraction of sp³-hybridized carbons (Fsp3) is 0.909. The molecule has 0 aliphatic rings. The third kappa shape index (κ3) is 11.3. The molecule has 6 heteroatoms. The van der Waals surface area contributed by atoms with Gasteiger partial charge in [0.1, 0.15) is 0 Å². The first-order chi connectivity index (χ1) is 7.64. The van der Waals surface area contributed by atoms with Crippen molar-refractivity contribution in [2.24, 2.45) is 10.4 Å². The van der Waals surface area contributed by atoms with Crippen LogP contribution < -0.4 is 10.6 Å². The van der Waals surface area contributed by atoms with E-state index >= 15 is 0 Å². The molecule has 0 radical (unpaired) electrons. The van der Waals surface area contributed by atoms with E-state index in [9.17, 15) is 13.2 Å². The van der Waals surface area contributed by atoms with Crippen LogP contribution >= 0.6 is 0 Å². The lowest BCUT2D eigenvalue weighted by molar-refractivity contribution is -0.132. The van der Waals surface area contributed by atoms with Crippen LogP contribution in [0.3, 0.4) is 0 Å². The second-order valence-electron chi connectivity index (χ2n) is 5.10. The Labute approximate surface area is 101 Å². The summed E-state index contributed by atoms with van der Waals surface area (Å²) < 4.78 is 35.8. The summed E-state index contributed by atoms with van der Waals surface area (Å²) in [5, 5.41) is 5.61. The Kier molecular flexibility index (Phi) is 6.34. The molecule has 0 aromatic rings. The maximum Gasteiger partial charge on any atom is 0.390 e. The summed E-state index contributed by atoms with van der Waals surface area (Å²) in [6, 6.07) is 0. The van der Waals surface area contributed by atoms with Gasteiger partial charge in [0, 0.05) is 20.1 Å². The maximum atomic E-state index is 11.9. The Balaban J connectivity index is 3.80. The molecule has 0 amide bonds. The molecule has 0 rings (SSSR count). The van der Waals surface area contributed by atoms with Crippen molar-refractivity contribution in [2.75, 3.05) is 20.1 Å². The lowest BCUT2D eigenvalue weighted by Gasteiger charge is -2.19. The Morgan fingerprint density at radius 3 is 1.82 bits per heavy atom. The summed E-state index contributed by atoms with van der Waals surface area (Å²) in [6.45, 7) is 6.85. The first kappa shape index (κ1) is 16.1. The maximum absolute atomic E-state index is 11.9. The van der Waals surface area contributed by atoms with Gasteiger partial charge in [-0.2, -0.15) is 13.2 Å². The molecule has 0 aliphatic carbocycles. The predicted octanol–water partition coefficient (Wildman–Crippen LogP) is 2.54. The molecule has 0 spiro atoms. The molecule has 102 valence electrons. The molecule has 3 nitrogen and oxygen atoms in total. The van der Waals surface area contributed by atoms with Crippen molar-refractivity contribution in [2.45, 2.75) is 39.8 Å². The molecule has 0 aromatic carbocycles. The van der Waals surface area contributed by atoms with Crippen LogP contribution in [0.5, 0.6) is 0 Å². The van der Waals surface area contributed by atoms with E-state index in [1.807, 2.05) is 0 Å². The van der Waals surface area contributed by atoms with Crippen LogP contribution in [0.4, 0.5) is 13.2 Å². The van der Waals surface area contributed by atoms with Crippen molar-refractivity contribution in [3.05, 3.63) is 0 Å². The minimum absolute atomic E-state index is 0.154.